The number of aromatic nitrogens is 4. The fourth-order valence-corrected chi connectivity index (χ4v) is 2.18. The fraction of sp³-hybridized carbons (Fsp3) is 0.364. The van der Waals surface area contributed by atoms with E-state index in [1.807, 2.05) is 4.90 Å². The Morgan fingerprint density at radius 3 is 2.76 bits per heavy atom. The number of fused-ring (bicyclic) bond motifs is 1. The molecule has 0 spiro atoms. The number of piperazine rings is 1. The van der Waals surface area contributed by atoms with Crippen LogP contribution in [0.3, 0.4) is 0 Å². The first-order valence-corrected chi connectivity index (χ1v) is 6.32. The van der Waals surface area contributed by atoms with Gasteiger partial charge >= 0.3 is 5.97 Å². The Balaban J connectivity index is 2.14. The number of aromatic carboxylic acids is 1. The summed E-state index contributed by atoms with van der Waals surface area (Å²) in [4.78, 5) is 34.0. The number of nitrogens with zero attached hydrogens (tertiary/aromatic N) is 5. The van der Waals surface area contributed by atoms with E-state index in [0.717, 1.165) is 31.0 Å². The number of nitrogens with two attached hydrogens (primary N) is 1. The van der Waals surface area contributed by atoms with E-state index in [2.05, 4.69) is 20.4 Å². The summed E-state index contributed by atoms with van der Waals surface area (Å²) < 4.78 is 0. The summed E-state index contributed by atoms with van der Waals surface area (Å²) in [6.45, 7) is 3.10. The molecule has 0 unspecified atom stereocenters. The van der Waals surface area contributed by atoms with Gasteiger partial charge in [0.15, 0.2) is 5.65 Å². The summed E-state index contributed by atoms with van der Waals surface area (Å²) in [6.07, 6.45) is 1.29. The summed E-state index contributed by atoms with van der Waals surface area (Å²) in [5.41, 5.74) is -1.29. The van der Waals surface area contributed by atoms with Crippen molar-refractivity contribution < 1.29 is 9.90 Å². The molecule has 21 heavy (non-hydrogen) atoms. The number of carbonyl (C=O) groups is 1. The minimum absolute atomic E-state index is 0.0313. The van der Waals surface area contributed by atoms with Crippen molar-refractivity contribution in [2.45, 2.75) is 0 Å². The number of carboxylic acids is 1. The van der Waals surface area contributed by atoms with Crippen LogP contribution in [0.15, 0.2) is 11.0 Å². The largest absolute Gasteiger partial charge is 0.476 e. The van der Waals surface area contributed by atoms with Crippen molar-refractivity contribution in [2.24, 2.45) is 0 Å². The molecular formula is C11H13N7O3. The van der Waals surface area contributed by atoms with E-state index in [9.17, 15) is 9.59 Å². The molecule has 0 radical (unpaired) electrons. The van der Waals surface area contributed by atoms with Gasteiger partial charge in [0.1, 0.15) is 0 Å². The van der Waals surface area contributed by atoms with Crippen molar-refractivity contribution in [3.8, 4) is 0 Å². The number of nitrogens with one attached hydrogen (secondary N) is 1. The van der Waals surface area contributed by atoms with Crippen LogP contribution in [-0.2, 0) is 0 Å². The molecule has 1 saturated heterocycles. The zero-order valence-corrected chi connectivity index (χ0v) is 11.0. The van der Waals surface area contributed by atoms with Crippen molar-refractivity contribution in [3.05, 3.63) is 22.1 Å². The highest BCUT2D eigenvalue weighted by Gasteiger charge is 2.19. The molecule has 0 bridgehead atoms. The van der Waals surface area contributed by atoms with E-state index in [4.69, 9.17) is 10.9 Å². The van der Waals surface area contributed by atoms with Gasteiger partial charge in [0.2, 0.25) is 17.1 Å². The van der Waals surface area contributed by atoms with Crippen molar-refractivity contribution in [1.82, 2.24) is 25.2 Å². The van der Waals surface area contributed by atoms with E-state index in [1.54, 1.807) is 0 Å². The number of carboxylic acid groups (broad SMARTS) is 1. The summed E-state index contributed by atoms with van der Waals surface area (Å²) in [5.74, 6) is 4.64. The molecule has 10 heteroatoms. The van der Waals surface area contributed by atoms with Crippen LogP contribution >= 0.6 is 0 Å². The van der Waals surface area contributed by atoms with Crippen LogP contribution in [0.2, 0.25) is 0 Å². The highest BCUT2D eigenvalue weighted by molar-refractivity contribution is 5.89. The second-order valence-corrected chi connectivity index (χ2v) is 4.57. The molecule has 1 aliphatic heterocycles. The van der Waals surface area contributed by atoms with Gasteiger partial charge in [-0.05, 0) is 0 Å². The number of rotatable bonds is 2. The van der Waals surface area contributed by atoms with Gasteiger partial charge < -0.3 is 21.2 Å². The number of anilines is 1. The van der Waals surface area contributed by atoms with Crippen LogP contribution in [0.25, 0.3) is 11.0 Å². The SMILES string of the molecule is Nn1nc(C(=O)O)c(=O)c2cnc(N3CCNCC3)nc21. The Morgan fingerprint density at radius 2 is 2.10 bits per heavy atom. The fourth-order valence-electron chi connectivity index (χ4n) is 2.18. The smallest absolute Gasteiger partial charge is 0.360 e. The molecule has 0 atom stereocenters. The van der Waals surface area contributed by atoms with Gasteiger partial charge in [-0.3, -0.25) is 4.79 Å². The molecule has 4 N–H and O–H groups in total. The molecule has 3 rings (SSSR count). The average molecular weight is 291 g/mol. The molecule has 2 aromatic rings. The van der Waals surface area contributed by atoms with Crippen molar-refractivity contribution in [3.63, 3.8) is 0 Å². The van der Waals surface area contributed by atoms with Crippen LogP contribution in [-0.4, -0.2) is 57.1 Å². The summed E-state index contributed by atoms with van der Waals surface area (Å²) in [5, 5.41) is 15.7. The Kier molecular flexibility index (Phi) is 3.14. The van der Waals surface area contributed by atoms with Crippen LogP contribution in [0.5, 0.6) is 0 Å². The highest BCUT2D eigenvalue weighted by Crippen LogP contribution is 2.12. The number of hydrogen-bond acceptors (Lipinski definition) is 8. The average Bonchev–Trinajstić information content (AvgIpc) is 2.51. The second kappa shape index (κ2) is 4.98. The topological polar surface area (TPSA) is 139 Å². The zero-order valence-electron chi connectivity index (χ0n) is 11.0. The lowest BCUT2D eigenvalue weighted by Gasteiger charge is -2.27. The number of hydrogen-bond donors (Lipinski definition) is 3. The molecule has 10 nitrogen and oxygen atoms in total. The Morgan fingerprint density at radius 1 is 1.38 bits per heavy atom. The van der Waals surface area contributed by atoms with Gasteiger partial charge in [-0.2, -0.15) is 9.77 Å². The van der Waals surface area contributed by atoms with Crippen molar-refractivity contribution >= 4 is 23.0 Å². The molecule has 110 valence electrons. The Labute approximate surface area is 118 Å². The van der Waals surface area contributed by atoms with E-state index >= 15 is 0 Å². The first kappa shape index (κ1) is 13.2. The first-order valence-electron chi connectivity index (χ1n) is 6.32. The predicted molar refractivity (Wildman–Crippen MR) is 73.8 cm³/mol. The molecule has 0 saturated carbocycles. The summed E-state index contributed by atoms with van der Waals surface area (Å²) >= 11 is 0. The van der Waals surface area contributed by atoms with Crippen LogP contribution < -0.4 is 21.5 Å². The third-order valence-electron chi connectivity index (χ3n) is 3.24. The quantitative estimate of drug-likeness (QED) is 0.536. The Hall–Kier alpha value is -2.75. The Bertz CT molecular complexity index is 766. The minimum atomic E-state index is -1.44. The third kappa shape index (κ3) is 2.25. The molecule has 0 aromatic carbocycles. The van der Waals surface area contributed by atoms with Crippen LogP contribution in [0.4, 0.5) is 5.95 Å². The normalized spacial score (nSPS) is 15.3. The summed E-state index contributed by atoms with van der Waals surface area (Å²) in [7, 11) is 0. The monoisotopic (exact) mass is 291 g/mol. The van der Waals surface area contributed by atoms with E-state index in [-0.39, 0.29) is 11.0 Å². The lowest BCUT2D eigenvalue weighted by Crippen LogP contribution is -2.44. The summed E-state index contributed by atoms with van der Waals surface area (Å²) in [6, 6.07) is 0. The van der Waals surface area contributed by atoms with Gasteiger partial charge in [0.25, 0.3) is 0 Å². The van der Waals surface area contributed by atoms with E-state index in [0.29, 0.717) is 5.95 Å². The molecule has 1 aliphatic rings. The number of nitrogen functional groups attached to an aromatic ring is 1. The maximum Gasteiger partial charge on any atom is 0.360 e. The van der Waals surface area contributed by atoms with Gasteiger partial charge in [0.05, 0.1) is 5.39 Å². The van der Waals surface area contributed by atoms with Crippen LogP contribution in [0, 0.1) is 0 Å². The van der Waals surface area contributed by atoms with Crippen LogP contribution in [0.1, 0.15) is 10.5 Å². The maximum atomic E-state index is 12.0. The lowest BCUT2D eigenvalue weighted by atomic mass is 10.3. The van der Waals surface area contributed by atoms with Crippen molar-refractivity contribution in [1.29, 1.82) is 0 Å². The van der Waals surface area contributed by atoms with Gasteiger partial charge in [-0.25, -0.2) is 9.78 Å². The van der Waals surface area contributed by atoms with E-state index < -0.39 is 17.1 Å². The van der Waals surface area contributed by atoms with E-state index in [1.165, 1.54) is 6.20 Å². The minimum Gasteiger partial charge on any atom is -0.476 e. The maximum absolute atomic E-state index is 12.0. The second-order valence-electron chi connectivity index (χ2n) is 4.57. The molecule has 3 heterocycles. The lowest BCUT2D eigenvalue weighted by molar-refractivity contribution is 0.0687. The first-order chi connectivity index (χ1) is 10.1. The van der Waals surface area contributed by atoms with Gasteiger partial charge in [0, 0.05) is 32.4 Å². The molecule has 1 fully saturated rings. The molecule has 0 aliphatic carbocycles. The van der Waals surface area contributed by atoms with Gasteiger partial charge in [-0.1, -0.05) is 0 Å². The molecule has 2 aromatic heterocycles. The molecular weight excluding hydrogens is 278 g/mol. The third-order valence-corrected chi connectivity index (χ3v) is 3.24. The zero-order chi connectivity index (χ0) is 15.0. The molecule has 0 amide bonds. The van der Waals surface area contributed by atoms with Crippen molar-refractivity contribution in [2.75, 3.05) is 36.9 Å². The van der Waals surface area contributed by atoms with Gasteiger partial charge in [-0.15, -0.1) is 5.10 Å². The highest BCUT2D eigenvalue weighted by atomic mass is 16.4. The predicted octanol–water partition coefficient (Wildman–Crippen LogP) is -1.99. The standard InChI is InChI=1S/C11H13N7O3/c12-18-9-6(8(19)7(16-18)10(20)21)5-14-11(15-9)17-3-1-13-2-4-17/h5,13H,1-4,12H2,(H,20,21).